The van der Waals surface area contributed by atoms with Crippen LogP contribution in [0.2, 0.25) is 0 Å². The molecule has 0 atom stereocenters. The van der Waals surface area contributed by atoms with Gasteiger partial charge in [0.1, 0.15) is 22.8 Å². The number of nitrogens with one attached hydrogen (secondary N) is 1. The van der Waals surface area contributed by atoms with E-state index < -0.39 is 0 Å². The van der Waals surface area contributed by atoms with Crippen LogP contribution in [0.15, 0.2) is 60.8 Å². The number of hydrogen-bond acceptors (Lipinski definition) is 5. The first-order chi connectivity index (χ1) is 16.7. The summed E-state index contributed by atoms with van der Waals surface area (Å²) in [5.74, 6) is -0.717. The minimum Gasteiger partial charge on any atom is -0.395 e. The molecule has 0 saturated heterocycles. The molecule has 0 bridgehead atoms. The van der Waals surface area contributed by atoms with Gasteiger partial charge in [0.05, 0.1) is 29.4 Å². The fourth-order valence-electron chi connectivity index (χ4n) is 3.88. The first-order valence-electron chi connectivity index (χ1n) is 11.3. The number of rotatable bonds is 5. The molecule has 1 amide bonds. The first kappa shape index (κ1) is 22.7. The molecular formula is C26H25FN6O2. The molecule has 1 aromatic carbocycles. The normalized spacial score (nSPS) is 11.9. The molecule has 4 heterocycles. The molecule has 4 aromatic heterocycles. The predicted molar refractivity (Wildman–Crippen MR) is 131 cm³/mol. The average molecular weight is 473 g/mol. The van der Waals surface area contributed by atoms with Crippen LogP contribution < -0.4 is 5.32 Å². The van der Waals surface area contributed by atoms with Crippen LogP contribution in [-0.4, -0.2) is 48.3 Å². The number of aliphatic hydroxyl groups is 1. The second-order valence-corrected chi connectivity index (χ2v) is 9.33. The molecule has 0 aliphatic rings. The molecule has 0 spiro atoms. The molecule has 2 N–H and O–H groups in total. The molecule has 0 saturated carbocycles. The van der Waals surface area contributed by atoms with Crippen LogP contribution in [0.5, 0.6) is 0 Å². The lowest BCUT2D eigenvalue weighted by Crippen LogP contribution is -2.26. The number of benzene rings is 1. The Bertz CT molecular complexity index is 1560. The maximum absolute atomic E-state index is 14.0. The Balaban J connectivity index is 1.68. The van der Waals surface area contributed by atoms with E-state index in [1.165, 1.54) is 12.1 Å². The Kier molecular flexibility index (Phi) is 5.56. The van der Waals surface area contributed by atoms with Crippen molar-refractivity contribution in [3.63, 3.8) is 0 Å². The third-order valence-electron chi connectivity index (χ3n) is 5.70. The van der Waals surface area contributed by atoms with E-state index in [4.69, 9.17) is 15.2 Å². The number of aliphatic hydroxyl groups excluding tert-OH is 1. The summed E-state index contributed by atoms with van der Waals surface area (Å²) >= 11 is 0. The van der Waals surface area contributed by atoms with Crippen molar-refractivity contribution in [2.45, 2.75) is 26.2 Å². The van der Waals surface area contributed by atoms with Crippen molar-refractivity contribution >= 4 is 22.6 Å². The number of nitrogens with zero attached hydrogens (tertiary/aromatic N) is 5. The topological polar surface area (TPSA) is 97.3 Å². The predicted octanol–water partition coefficient (Wildman–Crippen LogP) is 3.89. The highest BCUT2D eigenvalue weighted by Crippen LogP contribution is 2.30. The SMILES string of the molecule is CC(C)(C)c1cc(-c2ccc3ccc4nc(C(=O)NCCO)cn4c3n2)n(-c2cccc(F)c2)n1. The van der Waals surface area contributed by atoms with Crippen molar-refractivity contribution in [2.75, 3.05) is 13.2 Å². The second-order valence-electron chi connectivity index (χ2n) is 9.33. The Hall–Kier alpha value is -4.11. The molecule has 35 heavy (non-hydrogen) atoms. The van der Waals surface area contributed by atoms with Crippen molar-refractivity contribution < 1.29 is 14.3 Å². The number of imidazole rings is 1. The first-order valence-corrected chi connectivity index (χ1v) is 11.3. The number of hydrogen-bond donors (Lipinski definition) is 2. The number of fused-ring (bicyclic) bond motifs is 3. The summed E-state index contributed by atoms with van der Waals surface area (Å²) < 4.78 is 17.5. The highest BCUT2D eigenvalue weighted by molar-refractivity contribution is 5.93. The summed E-state index contributed by atoms with van der Waals surface area (Å²) in [7, 11) is 0. The third-order valence-corrected chi connectivity index (χ3v) is 5.70. The highest BCUT2D eigenvalue weighted by Gasteiger charge is 2.22. The van der Waals surface area contributed by atoms with E-state index in [0.717, 1.165) is 16.8 Å². The standard InChI is InChI=1S/C26H25FN6O2/c1-26(2,3)22-14-21(33(31-22)18-6-4-5-17(27)13-18)19-9-7-16-8-10-23-29-20(25(35)28-11-12-34)15-32(23)24(16)30-19/h4-10,13-15,34H,11-12H2,1-3H3,(H,28,35). The highest BCUT2D eigenvalue weighted by atomic mass is 19.1. The molecule has 8 nitrogen and oxygen atoms in total. The van der Waals surface area contributed by atoms with E-state index in [2.05, 4.69) is 31.1 Å². The average Bonchev–Trinajstić information content (AvgIpc) is 3.47. The van der Waals surface area contributed by atoms with E-state index >= 15 is 0 Å². The summed E-state index contributed by atoms with van der Waals surface area (Å²) in [6.45, 7) is 6.21. The lowest BCUT2D eigenvalue weighted by atomic mass is 9.92. The lowest BCUT2D eigenvalue weighted by molar-refractivity contribution is 0.0940. The van der Waals surface area contributed by atoms with Gasteiger partial charge < -0.3 is 10.4 Å². The van der Waals surface area contributed by atoms with E-state index in [-0.39, 0.29) is 36.0 Å². The Morgan fingerprint density at radius 3 is 2.63 bits per heavy atom. The monoisotopic (exact) mass is 472 g/mol. The van der Waals surface area contributed by atoms with E-state index in [9.17, 15) is 9.18 Å². The Labute approximate surface area is 201 Å². The summed E-state index contributed by atoms with van der Waals surface area (Å²) in [4.78, 5) is 21.7. The van der Waals surface area contributed by atoms with Gasteiger partial charge in [-0.1, -0.05) is 26.8 Å². The van der Waals surface area contributed by atoms with Crippen LogP contribution in [0.3, 0.4) is 0 Å². The van der Waals surface area contributed by atoms with Gasteiger partial charge in [-0.25, -0.2) is 19.0 Å². The Morgan fingerprint density at radius 2 is 1.89 bits per heavy atom. The second kappa shape index (κ2) is 8.59. The fourth-order valence-corrected chi connectivity index (χ4v) is 3.88. The van der Waals surface area contributed by atoms with Gasteiger partial charge in [-0.15, -0.1) is 0 Å². The lowest BCUT2D eigenvalue weighted by Gasteiger charge is -2.14. The van der Waals surface area contributed by atoms with Crippen molar-refractivity contribution in [1.29, 1.82) is 0 Å². The van der Waals surface area contributed by atoms with Crippen LogP contribution in [0, 0.1) is 5.82 Å². The maximum Gasteiger partial charge on any atom is 0.271 e. The van der Waals surface area contributed by atoms with Crippen molar-refractivity contribution in [3.05, 3.63) is 78.0 Å². The third kappa shape index (κ3) is 4.26. The molecule has 0 aliphatic carbocycles. The number of aromatic nitrogens is 5. The summed E-state index contributed by atoms with van der Waals surface area (Å²) in [6, 6.07) is 15.8. The number of halogens is 1. The molecule has 0 unspecified atom stereocenters. The van der Waals surface area contributed by atoms with Gasteiger partial charge in [-0.05, 0) is 48.5 Å². The van der Waals surface area contributed by atoms with Gasteiger partial charge in [0, 0.05) is 23.5 Å². The fraction of sp³-hybridized carbons (Fsp3) is 0.231. The van der Waals surface area contributed by atoms with E-state index in [0.29, 0.717) is 22.7 Å². The van der Waals surface area contributed by atoms with Crippen LogP contribution in [0.25, 0.3) is 33.8 Å². The van der Waals surface area contributed by atoms with E-state index in [1.807, 2.05) is 30.3 Å². The zero-order valence-electron chi connectivity index (χ0n) is 19.7. The van der Waals surface area contributed by atoms with Gasteiger partial charge in [0.15, 0.2) is 0 Å². The van der Waals surface area contributed by atoms with Crippen LogP contribution in [0.1, 0.15) is 37.0 Å². The minimum atomic E-state index is -0.369. The van der Waals surface area contributed by atoms with Crippen LogP contribution in [-0.2, 0) is 5.41 Å². The van der Waals surface area contributed by atoms with Crippen molar-refractivity contribution in [1.82, 2.24) is 29.5 Å². The van der Waals surface area contributed by atoms with Gasteiger partial charge >= 0.3 is 0 Å². The molecule has 5 aromatic rings. The van der Waals surface area contributed by atoms with Gasteiger partial charge in [-0.3, -0.25) is 9.20 Å². The largest absolute Gasteiger partial charge is 0.395 e. The number of carbonyl (C=O) groups excluding carboxylic acids is 1. The summed E-state index contributed by atoms with van der Waals surface area (Å²) in [5, 5.41) is 17.2. The van der Waals surface area contributed by atoms with Crippen LogP contribution >= 0.6 is 0 Å². The molecule has 0 aliphatic heterocycles. The molecule has 178 valence electrons. The Morgan fingerprint density at radius 1 is 1.09 bits per heavy atom. The number of carbonyl (C=O) groups is 1. The maximum atomic E-state index is 14.0. The zero-order chi connectivity index (χ0) is 24.7. The van der Waals surface area contributed by atoms with Crippen molar-refractivity contribution in [3.8, 4) is 17.1 Å². The minimum absolute atomic E-state index is 0.149. The number of pyridine rings is 2. The van der Waals surface area contributed by atoms with Gasteiger partial charge in [0.2, 0.25) is 0 Å². The quantitative estimate of drug-likeness (QED) is 0.405. The summed E-state index contributed by atoms with van der Waals surface area (Å²) in [6.07, 6.45) is 1.63. The molecular weight excluding hydrogens is 447 g/mol. The smallest absolute Gasteiger partial charge is 0.271 e. The summed E-state index contributed by atoms with van der Waals surface area (Å²) in [5.41, 5.74) is 4.03. The molecule has 0 fully saturated rings. The molecule has 9 heteroatoms. The van der Waals surface area contributed by atoms with Gasteiger partial charge in [0.25, 0.3) is 5.91 Å². The van der Waals surface area contributed by atoms with Gasteiger partial charge in [-0.2, -0.15) is 5.10 Å². The molecule has 0 radical (unpaired) electrons. The van der Waals surface area contributed by atoms with Crippen LogP contribution in [0.4, 0.5) is 4.39 Å². The zero-order valence-corrected chi connectivity index (χ0v) is 19.7. The van der Waals surface area contributed by atoms with E-state index in [1.54, 1.807) is 27.4 Å². The number of amides is 1. The molecule has 5 rings (SSSR count). The van der Waals surface area contributed by atoms with Crippen molar-refractivity contribution in [2.24, 2.45) is 0 Å².